The van der Waals surface area contributed by atoms with Gasteiger partial charge in [-0.05, 0) is 55.5 Å². The smallest absolute Gasteiger partial charge is 0.247 e. The van der Waals surface area contributed by atoms with Crippen molar-refractivity contribution in [2.45, 2.75) is 38.6 Å². The number of aromatic nitrogens is 2. The average Bonchev–Trinajstić information content (AvgIpc) is 3.04. The first-order valence-electron chi connectivity index (χ1n) is 8.58. The van der Waals surface area contributed by atoms with Crippen molar-refractivity contribution in [1.82, 2.24) is 15.1 Å². The second-order valence-electron chi connectivity index (χ2n) is 6.84. The van der Waals surface area contributed by atoms with E-state index in [9.17, 15) is 0 Å². The Morgan fingerprint density at radius 3 is 2.65 bits per heavy atom. The van der Waals surface area contributed by atoms with Gasteiger partial charge in [0.1, 0.15) is 0 Å². The number of hydrogen-bond donors (Lipinski definition) is 0. The summed E-state index contributed by atoms with van der Waals surface area (Å²) in [5.41, 5.74) is 0.916. The summed E-state index contributed by atoms with van der Waals surface area (Å²) in [6.07, 6.45) is 6.97. The highest BCUT2D eigenvalue weighted by molar-refractivity contribution is 6.30. The van der Waals surface area contributed by atoms with Gasteiger partial charge in [-0.15, -0.1) is 10.2 Å². The van der Waals surface area contributed by atoms with Crippen molar-refractivity contribution in [3.8, 4) is 11.5 Å². The van der Waals surface area contributed by atoms with Crippen LogP contribution in [0.25, 0.3) is 11.5 Å². The quantitative estimate of drug-likeness (QED) is 0.835. The lowest BCUT2D eigenvalue weighted by molar-refractivity contribution is 0.0763. The lowest BCUT2D eigenvalue weighted by atomic mass is 9.75. The summed E-state index contributed by atoms with van der Waals surface area (Å²) in [5, 5.41) is 9.11. The van der Waals surface area contributed by atoms with Gasteiger partial charge in [0.05, 0.1) is 6.54 Å². The van der Waals surface area contributed by atoms with E-state index in [1.807, 2.05) is 24.3 Å². The summed E-state index contributed by atoms with van der Waals surface area (Å²) in [7, 11) is 0. The molecule has 1 aliphatic carbocycles. The SMILES string of the molecule is Clc1ccc(-c2nnc(CN3CCC4CCCCC4C3)o2)cc1. The molecule has 0 spiro atoms. The van der Waals surface area contributed by atoms with Gasteiger partial charge in [-0.1, -0.05) is 30.9 Å². The van der Waals surface area contributed by atoms with Crippen LogP contribution in [0.1, 0.15) is 38.0 Å². The van der Waals surface area contributed by atoms with Crippen LogP contribution < -0.4 is 0 Å². The van der Waals surface area contributed by atoms with E-state index >= 15 is 0 Å². The summed E-state index contributed by atoms with van der Waals surface area (Å²) in [6.45, 7) is 3.10. The Hall–Kier alpha value is -1.39. The molecule has 2 heterocycles. The van der Waals surface area contributed by atoms with Crippen LogP contribution in [0.2, 0.25) is 5.02 Å². The Kier molecular flexibility index (Phi) is 4.36. The Bertz CT molecular complexity index is 655. The first-order valence-corrected chi connectivity index (χ1v) is 8.96. The van der Waals surface area contributed by atoms with Crippen LogP contribution in [0.3, 0.4) is 0 Å². The molecule has 1 saturated carbocycles. The standard InChI is InChI=1S/C18H22ClN3O/c19-16-7-5-14(6-8-16)18-21-20-17(23-18)12-22-10-9-13-3-1-2-4-15(13)11-22/h5-8,13,15H,1-4,9-12H2. The zero-order valence-corrected chi connectivity index (χ0v) is 14.0. The maximum atomic E-state index is 5.92. The van der Waals surface area contributed by atoms with E-state index in [2.05, 4.69) is 15.1 Å². The molecule has 2 aliphatic rings. The summed E-state index contributed by atoms with van der Waals surface area (Å²) in [4.78, 5) is 2.48. The molecule has 1 aliphatic heterocycles. The van der Waals surface area contributed by atoms with Crippen molar-refractivity contribution in [2.75, 3.05) is 13.1 Å². The third kappa shape index (κ3) is 3.43. The van der Waals surface area contributed by atoms with Crippen LogP contribution in [-0.2, 0) is 6.54 Å². The molecule has 4 nitrogen and oxygen atoms in total. The zero-order chi connectivity index (χ0) is 15.6. The van der Waals surface area contributed by atoms with Gasteiger partial charge < -0.3 is 4.42 Å². The molecular formula is C18H22ClN3O. The van der Waals surface area contributed by atoms with Crippen LogP contribution in [0, 0.1) is 11.8 Å². The maximum absolute atomic E-state index is 5.92. The van der Waals surface area contributed by atoms with Gasteiger partial charge in [0.25, 0.3) is 0 Å². The Labute approximate surface area is 141 Å². The number of fused-ring (bicyclic) bond motifs is 1. The van der Waals surface area contributed by atoms with Crippen molar-refractivity contribution in [1.29, 1.82) is 0 Å². The van der Waals surface area contributed by atoms with Gasteiger partial charge in [-0.2, -0.15) is 0 Å². The van der Waals surface area contributed by atoms with Gasteiger partial charge >= 0.3 is 0 Å². The molecule has 23 heavy (non-hydrogen) atoms. The maximum Gasteiger partial charge on any atom is 0.247 e. The number of halogens is 1. The first kappa shape index (κ1) is 15.2. The van der Waals surface area contributed by atoms with Crippen molar-refractivity contribution in [3.05, 3.63) is 35.2 Å². The molecule has 5 heteroatoms. The molecule has 0 N–H and O–H groups in total. The van der Waals surface area contributed by atoms with E-state index in [0.29, 0.717) is 16.8 Å². The Morgan fingerprint density at radius 1 is 1.04 bits per heavy atom. The van der Waals surface area contributed by atoms with E-state index in [0.717, 1.165) is 30.5 Å². The molecular weight excluding hydrogens is 310 g/mol. The Balaban J connectivity index is 1.40. The van der Waals surface area contributed by atoms with Gasteiger partial charge in [-0.25, -0.2) is 0 Å². The van der Waals surface area contributed by atoms with E-state index < -0.39 is 0 Å². The van der Waals surface area contributed by atoms with Crippen molar-refractivity contribution >= 4 is 11.6 Å². The normalized spacial score (nSPS) is 25.3. The summed E-state index contributed by atoms with van der Waals surface area (Å²) in [6, 6.07) is 7.50. The predicted molar refractivity (Wildman–Crippen MR) is 90.1 cm³/mol. The predicted octanol–water partition coefficient (Wildman–Crippen LogP) is 4.40. The second-order valence-corrected chi connectivity index (χ2v) is 7.27. The largest absolute Gasteiger partial charge is 0.419 e. The second kappa shape index (κ2) is 6.62. The van der Waals surface area contributed by atoms with Gasteiger partial charge in [0.2, 0.25) is 11.8 Å². The molecule has 1 aromatic heterocycles. The minimum Gasteiger partial charge on any atom is -0.419 e. The van der Waals surface area contributed by atoms with E-state index in [1.165, 1.54) is 38.6 Å². The lowest BCUT2D eigenvalue weighted by Crippen LogP contribution is -2.41. The van der Waals surface area contributed by atoms with Gasteiger partial charge in [-0.3, -0.25) is 4.90 Å². The van der Waals surface area contributed by atoms with Crippen molar-refractivity contribution in [2.24, 2.45) is 11.8 Å². The van der Waals surface area contributed by atoms with Crippen LogP contribution >= 0.6 is 11.6 Å². The van der Waals surface area contributed by atoms with E-state index in [4.69, 9.17) is 16.0 Å². The van der Waals surface area contributed by atoms with Crippen LogP contribution in [0.4, 0.5) is 0 Å². The molecule has 1 saturated heterocycles. The van der Waals surface area contributed by atoms with Crippen LogP contribution in [0.15, 0.2) is 28.7 Å². The zero-order valence-electron chi connectivity index (χ0n) is 13.2. The summed E-state index contributed by atoms with van der Waals surface area (Å²) < 4.78 is 5.84. The van der Waals surface area contributed by atoms with Gasteiger partial charge in [0.15, 0.2) is 0 Å². The van der Waals surface area contributed by atoms with Crippen molar-refractivity contribution in [3.63, 3.8) is 0 Å². The topological polar surface area (TPSA) is 42.2 Å². The minimum atomic E-state index is 0.573. The first-order chi connectivity index (χ1) is 11.3. The average molecular weight is 332 g/mol. The number of rotatable bonds is 3. The minimum absolute atomic E-state index is 0.573. The third-order valence-electron chi connectivity index (χ3n) is 5.29. The highest BCUT2D eigenvalue weighted by Gasteiger charge is 2.31. The number of likely N-dealkylation sites (tertiary alicyclic amines) is 1. The molecule has 2 unspecified atom stereocenters. The van der Waals surface area contributed by atoms with Crippen LogP contribution in [-0.4, -0.2) is 28.2 Å². The molecule has 122 valence electrons. The fraction of sp³-hybridized carbons (Fsp3) is 0.556. The fourth-order valence-corrected chi connectivity index (χ4v) is 4.16. The Morgan fingerprint density at radius 2 is 1.83 bits per heavy atom. The molecule has 2 atom stereocenters. The molecule has 2 aromatic rings. The highest BCUT2D eigenvalue weighted by Crippen LogP contribution is 2.36. The monoisotopic (exact) mass is 331 g/mol. The van der Waals surface area contributed by atoms with E-state index in [1.54, 1.807) is 0 Å². The number of benzene rings is 1. The van der Waals surface area contributed by atoms with Crippen LogP contribution in [0.5, 0.6) is 0 Å². The fourth-order valence-electron chi connectivity index (χ4n) is 4.04. The lowest BCUT2D eigenvalue weighted by Gasteiger charge is -2.40. The van der Waals surface area contributed by atoms with Crippen molar-refractivity contribution < 1.29 is 4.42 Å². The third-order valence-corrected chi connectivity index (χ3v) is 5.54. The molecule has 0 bridgehead atoms. The molecule has 0 radical (unpaired) electrons. The molecule has 0 amide bonds. The number of hydrogen-bond acceptors (Lipinski definition) is 4. The summed E-state index contributed by atoms with van der Waals surface area (Å²) in [5.74, 6) is 3.11. The van der Waals surface area contributed by atoms with Gasteiger partial charge in [0, 0.05) is 17.1 Å². The number of nitrogens with zero attached hydrogens (tertiary/aromatic N) is 3. The highest BCUT2D eigenvalue weighted by atomic mass is 35.5. The molecule has 2 fully saturated rings. The van der Waals surface area contributed by atoms with E-state index in [-0.39, 0.29) is 0 Å². The number of piperidine rings is 1. The molecule has 4 rings (SSSR count). The summed E-state index contributed by atoms with van der Waals surface area (Å²) >= 11 is 5.92. The molecule has 1 aromatic carbocycles.